The third-order valence-electron chi connectivity index (χ3n) is 8.42. The van der Waals surface area contributed by atoms with Crippen LogP contribution in [0.25, 0.3) is 0 Å². The molecule has 3 saturated heterocycles. The van der Waals surface area contributed by atoms with Crippen LogP contribution in [-0.2, 0) is 19.1 Å². The molecule has 6 atom stereocenters. The van der Waals surface area contributed by atoms with Crippen LogP contribution < -0.4 is 0 Å². The lowest BCUT2D eigenvalue weighted by Crippen LogP contribution is -2.60. The van der Waals surface area contributed by atoms with Gasteiger partial charge in [0.15, 0.2) is 0 Å². The van der Waals surface area contributed by atoms with E-state index < -0.39 is 35.1 Å². The number of carbonyl (C=O) groups excluding carboxylic acids is 3. The molecule has 0 aromatic carbocycles. The van der Waals surface area contributed by atoms with Crippen LogP contribution in [-0.4, -0.2) is 93.1 Å². The van der Waals surface area contributed by atoms with Gasteiger partial charge in [0.1, 0.15) is 11.6 Å². The molecule has 36 heavy (non-hydrogen) atoms. The monoisotopic (exact) mass is 503 g/mol. The Morgan fingerprint density at radius 3 is 2.31 bits per heavy atom. The molecule has 0 radical (unpaired) electrons. The largest absolute Gasteiger partial charge is 0.394 e. The van der Waals surface area contributed by atoms with Gasteiger partial charge in [0.25, 0.3) is 0 Å². The second-order valence-corrected chi connectivity index (χ2v) is 11.4. The van der Waals surface area contributed by atoms with Crippen molar-refractivity contribution in [1.82, 2.24) is 14.7 Å². The van der Waals surface area contributed by atoms with E-state index in [2.05, 4.69) is 13.2 Å². The lowest BCUT2D eigenvalue weighted by Gasteiger charge is -2.41. The van der Waals surface area contributed by atoms with E-state index in [1.807, 2.05) is 41.5 Å². The summed E-state index contributed by atoms with van der Waals surface area (Å²) in [6, 6.07) is -1.58. The van der Waals surface area contributed by atoms with E-state index >= 15 is 0 Å². The van der Waals surface area contributed by atoms with E-state index in [1.54, 1.807) is 26.9 Å². The van der Waals surface area contributed by atoms with Crippen molar-refractivity contribution in [3.63, 3.8) is 0 Å². The van der Waals surface area contributed by atoms with Crippen LogP contribution in [0.1, 0.15) is 60.8 Å². The molecule has 3 aliphatic heterocycles. The second kappa shape index (κ2) is 10.7. The topological polar surface area (TPSA) is 90.4 Å². The standard InChI is InChI=1S/C28H45N3O5/c1-9-14-29(15-10-2)24(33)21-22-25(34)31(20(17-32)18(4)5)23(26(35)30(16-11-3)19(6)7)28(22)13-12-27(21,8)36-28/h9,11,18-23,32H,1,3,10,12-17H2,2,4-8H3/t20-,21+,22-,23?,27-,28?/m0/s1. The van der Waals surface area contributed by atoms with Crippen molar-refractivity contribution >= 4 is 17.7 Å². The number of hydrogen-bond donors (Lipinski definition) is 1. The Morgan fingerprint density at radius 1 is 1.17 bits per heavy atom. The number of nitrogens with zero attached hydrogens (tertiary/aromatic N) is 3. The first-order valence-corrected chi connectivity index (χ1v) is 13.4. The Hall–Kier alpha value is -2.19. The van der Waals surface area contributed by atoms with Crippen molar-refractivity contribution in [1.29, 1.82) is 0 Å². The van der Waals surface area contributed by atoms with Gasteiger partial charge in [0, 0.05) is 25.7 Å². The molecule has 202 valence electrons. The highest BCUT2D eigenvalue weighted by Crippen LogP contribution is 2.64. The summed E-state index contributed by atoms with van der Waals surface area (Å²) in [6.45, 7) is 20.3. The van der Waals surface area contributed by atoms with Crippen molar-refractivity contribution < 1.29 is 24.2 Å². The second-order valence-electron chi connectivity index (χ2n) is 11.4. The van der Waals surface area contributed by atoms with Gasteiger partial charge in [0.2, 0.25) is 17.7 Å². The zero-order valence-electron chi connectivity index (χ0n) is 22.9. The predicted octanol–water partition coefficient (Wildman–Crippen LogP) is 2.62. The number of amides is 3. The smallest absolute Gasteiger partial charge is 0.248 e. The molecule has 0 aromatic heterocycles. The molecular weight excluding hydrogens is 458 g/mol. The third-order valence-corrected chi connectivity index (χ3v) is 8.42. The van der Waals surface area contributed by atoms with Gasteiger partial charge in [-0.25, -0.2) is 0 Å². The summed E-state index contributed by atoms with van der Waals surface area (Å²) in [5.41, 5.74) is -1.94. The van der Waals surface area contributed by atoms with Crippen LogP contribution in [0.15, 0.2) is 25.3 Å². The number of carbonyl (C=O) groups is 3. The number of hydrogen-bond acceptors (Lipinski definition) is 5. The Labute approximate surface area is 216 Å². The molecule has 0 saturated carbocycles. The Balaban J connectivity index is 2.16. The lowest BCUT2D eigenvalue weighted by molar-refractivity contribution is -0.158. The lowest BCUT2D eigenvalue weighted by atomic mass is 9.66. The van der Waals surface area contributed by atoms with Crippen LogP contribution in [0.3, 0.4) is 0 Å². The van der Waals surface area contributed by atoms with Crippen molar-refractivity contribution in [3.05, 3.63) is 25.3 Å². The summed E-state index contributed by atoms with van der Waals surface area (Å²) in [4.78, 5) is 47.5. The van der Waals surface area contributed by atoms with Gasteiger partial charge in [0.05, 0.1) is 30.1 Å². The molecule has 0 aliphatic carbocycles. The number of likely N-dealkylation sites (tertiary alicyclic amines) is 1. The van der Waals surface area contributed by atoms with Crippen molar-refractivity contribution in [3.8, 4) is 0 Å². The quantitative estimate of drug-likeness (QED) is 0.414. The van der Waals surface area contributed by atoms with E-state index in [1.165, 1.54) is 0 Å². The van der Waals surface area contributed by atoms with Gasteiger partial charge in [-0.15, -0.1) is 13.2 Å². The summed E-state index contributed by atoms with van der Waals surface area (Å²) in [6.07, 6.45) is 5.27. The fourth-order valence-corrected chi connectivity index (χ4v) is 6.76. The van der Waals surface area contributed by atoms with Gasteiger partial charge < -0.3 is 24.5 Å². The van der Waals surface area contributed by atoms with Gasteiger partial charge in [-0.1, -0.05) is 32.9 Å². The zero-order valence-corrected chi connectivity index (χ0v) is 22.9. The molecule has 8 nitrogen and oxygen atoms in total. The minimum atomic E-state index is -1.11. The van der Waals surface area contributed by atoms with E-state index in [4.69, 9.17) is 4.74 Å². The predicted molar refractivity (Wildman–Crippen MR) is 139 cm³/mol. The first-order valence-electron chi connectivity index (χ1n) is 13.4. The first-order chi connectivity index (χ1) is 16.9. The number of aliphatic hydroxyl groups excluding tert-OH is 1. The molecule has 1 N–H and O–H groups in total. The maximum absolute atomic E-state index is 14.3. The van der Waals surface area contributed by atoms with E-state index in [-0.39, 0.29) is 36.3 Å². The molecule has 3 fully saturated rings. The van der Waals surface area contributed by atoms with Crippen LogP contribution in [0.4, 0.5) is 0 Å². The van der Waals surface area contributed by atoms with Crippen LogP contribution >= 0.6 is 0 Å². The van der Waals surface area contributed by atoms with E-state index in [9.17, 15) is 19.5 Å². The van der Waals surface area contributed by atoms with Crippen molar-refractivity contribution in [2.45, 2.75) is 90.1 Å². The van der Waals surface area contributed by atoms with Crippen LogP contribution in [0.5, 0.6) is 0 Å². The SMILES string of the molecule is C=CCN(CCC)C(=O)[C@H]1[C@H]2C(=O)N([C@@H](CO)C(C)C)C(C(=O)N(CC=C)C(C)C)C23CC[C@]1(C)O3. The molecule has 2 unspecified atom stereocenters. The highest BCUT2D eigenvalue weighted by molar-refractivity contribution is 5.99. The third kappa shape index (κ3) is 4.30. The molecule has 8 heteroatoms. The minimum Gasteiger partial charge on any atom is -0.394 e. The fourth-order valence-electron chi connectivity index (χ4n) is 6.76. The first kappa shape index (κ1) is 28.4. The maximum atomic E-state index is 14.3. The van der Waals surface area contributed by atoms with Crippen LogP contribution in [0, 0.1) is 17.8 Å². The summed E-state index contributed by atoms with van der Waals surface area (Å²) in [5.74, 6) is -2.15. The highest BCUT2D eigenvalue weighted by Gasteiger charge is 2.79. The normalized spacial score (nSPS) is 31.6. The van der Waals surface area contributed by atoms with Gasteiger partial charge in [-0.3, -0.25) is 14.4 Å². The molecule has 3 heterocycles. The van der Waals surface area contributed by atoms with Crippen molar-refractivity contribution in [2.24, 2.45) is 17.8 Å². The summed E-state index contributed by atoms with van der Waals surface area (Å²) in [5, 5.41) is 10.3. The van der Waals surface area contributed by atoms with Gasteiger partial charge >= 0.3 is 0 Å². The number of aliphatic hydroxyl groups is 1. The molecule has 3 amide bonds. The van der Waals surface area contributed by atoms with Crippen LogP contribution in [0.2, 0.25) is 0 Å². The molecular formula is C28H45N3O5. The Bertz CT molecular complexity index is 888. The summed E-state index contributed by atoms with van der Waals surface area (Å²) >= 11 is 0. The minimum absolute atomic E-state index is 0.0873. The zero-order chi connectivity index (χ0) is 27.0. The molecule has 3 aliphatic rings. The van der Waals surface area contributed by atoms with E-state index in [0.717, 1.165) is 6.42 Å². The number of rotatable bonds is 12. The Morgan fingerprint density at radius 2 is 1.81 bits per heavy atom. The molecule has 2 bridgehead atoms. The van der Waals surface area contributed by atoms with Crippen molar-refractivity contribution in [2.75, 3.05) is 26.2 Å². The summed E-state index contributed by atoms with van der Waals surface area (Å²) in [7, 11) is 0. The molecule has 0 aromatic rings. The molecule has 1 spiro atoms. The van der Waals surface area contributed by atoms with Gasteiger partial charge in [-0.05, 0) is 46.0 Å². The Kier molecular flexibility index (Phi) is 8.40. The average Bonchev–Trinajstić information content (AvgIpc) is 3.38. The fraction of sp³-hybridized carbons (Fsp3) is 0.750. The summed E-state index contributed by atoms with van der Waals surface area (Å²) < 4.78 is 6.74. The number of ether oxygens (including phenoxy) is 1. The van der Waals surface area contributed by atoms with E-state index in [0.29, 0.717) is 32.5 Å². The van der Waals surface area contributed by atoms with Gasteiger partial charge in [-0.2, -0.15) is 0 Å². The highest BCUT2D eigenvalue weighted by atomic mass is 16.5. The number of fused-ring (bicyclic) bond motifs is 1. The molecule has 3 rings (SSSR count). The maximum Gasteiger partial charge on any atom is 0.248 e. The average molecular weight is 504 g/mol.